The second kappa shape index (κ2) is 4.56. The third-order valence-electron chi connectivity index (χ3n) is 2.14. The van der Waals surface area contributed by atoms with Crippen molar-refractivity contribution < 1.29 is 9.53 Å². The van der Waals surface area contributed by atoms with Crippen molar-refractivity contribution >= 4 is 11.8 Å². The Bertz CT molecular complexity index is 380. The van der Waals surface area contributed by atoms with Crippen molar-refractivity contribution in [2.75, 3.05) is 11.9 Å². The van der Waals surface area contributed by atoms with Crippen LogP contribution in [0.3, 0.4) is 0 Å². The number of hydrogen-bond acceptors (Lipinski definition) is 2. The molecule has 0 unspecified atom stereocenters. The zero-order chi connectivity index (χ0) is 12.3. The summed E-state index contributed by atoms with van der Waals surface area (Å²) in [5, 5.41) is 0. The molecule has 0 saturated carbocycles. The fraction of sp³-hybridized carbons (Fsp3) is 0.462. The average molecular weight is 221 g/mol. The van der Waals surface area contributed by atoms with Crippen LogP contribution < -0.4 is 4.90 Å². The molecule has 0 bridgehead atoms. The Kier molecular flexibility index (Phi) is 3.58. The van der Waals surface area contributed by atoms with Gasteiger partial charge >= 0.3 is 6.09 Å². The van der Waals surface area contributed by atoms with Crippen LogP contribution >= 0.6 is 0 Å². The van der Waals surface area contributed by atoms with E-state index in [-0.39, 0.29) is 6.09 Å². The molecule has 3 nitrogen and oxygen atoms in total. The van der Waals surface area contributed by atoms with Crippen molar-refractivity contribution in [3.05, 3.63) is 29.8 Å². The molecule has 0 aliphatic carbocycles. The van der Waals surface area contributed by atoms with E-state index in [1.54, 1.807) is 7.05 Å². The maximum absolute atomic E-state index is 11.8. The summed E-state index contributed by atoms with van der Waals surface area (Å²) >= 11 is 0. The van der Waals surface area contributed by atoms with Crippen LogP contribution in [-0.4, -0.2) is 18.7 Å². The summed E-state index contributed by atoms with van der Waals surface area (Å²) < 4.78 is 5.30. The van der Waals surface area contributed by atoms with Crippen LogP contribution in [0.2, 0.25) is 0 Å². The summed E-state index contributed by atoms with van der Waals surface area (Å²) in [6, 6.07) is 7.72. The highest BCUT2D eigenvalue weighted by atomic mass is 16.6. The second-order valence-electron chi connectivity index (χ2n) is 4.83. The zero-order valence-electron chi connectivity index (χ0n) is 10.6. The van der Waals surface area contributed by atoms with E-state index in [4.69, 9.17) is 4.74 Å². The van der Waals surface area contributed by atoms with Crippen molar-refractivity contribution in [3.8, 4) is 0 Å². The van der Waals surface area contributed by atoms with Crippen molar-refractivity contribution in [1.82, 2.24) is 0 Å². The van der Waals surface area contributed by atoms with Gasteiger partial charge in [0.1, 0.15) is 5.60 Å². The molecule has 0 radical (unpaired) electrons. The van der Waals surface area contributed by atoms with Gasteiger partial charge in [0.25, 0.3) is 0 Å². The molecule has 16 heavy (non-hydrogen) atoms. The highest BCUT2D eigenvalue weighted by molar-refractivity contribution is 5.88. The van der Waals surface area contributed by atoms with Gasteiger partial charge in [-0.05, 0) is 39.3 Å². The fourth-order valence-electron chi connectivity index (χ4n) is 1.37. The van der Waals surface area contributed by atoms with Gasteiger partial charge in [-0.1, -0.05) is 18.2 Å². The third-order valence-corrected chi connectivity index (χ3v) is 2.14. The fourth-order valence-corrected chi connectivity index (χ4v) is 1.37. The maximum Gasteiger partial charge on any atom is 0.414 e. The molecule has 1 amide bonds. The molecule has 0 aliphatic rings. The van der Waals surface area contributed by atoms with E-state index in [0.29, 0.717) is 0 Å². The van der Waals surface area contributed by atoms with Gasteiger partial charge in [0.2, 0.25) is 0 Å². The van der Waals surface area contributed by atoms with Gasteiger partial charge in [0, 0.05) is 12.7 Å². The van der Waals surface area contributed by atoms with Gasteiger partial charge in [-0.15, -0.1) is 0 Å². The van der Waals surface area contributed by atoms with Crippen LogP contribution in [0.5, 0.6) is 0 Å². The SMILES string of the molecule is Cc1ccccc1N(C)C(=O)OC(C)(C)C. The maximum atomic E-state index is 11.8. The molecule has 1 rings (SSSR count). The van der Waals surface area contributed by atoms with Crippen LogP contribution in [0.1, 0.15) is 26.3 Å². The standard InChI is InChI=1S/C13H19NO2/c1-10-8-6-7-9-11(10)14(5)12(15)16-13(2,3)4/h6-9H,1-5H3. The lowest BCUT2D eigenvalue weighted by molar-refractivity contribution is 0.0589. The first-order valence-corrected chi connectivity index (χ1v) is 5.33. The van der Waals surface area contributed by atoms with Crippen molar-refractivity contribution in [2.45, 2.75) is 33.3 Å². The predicted octanol–water partition coefficient (Wildman–Crippen LogP) is 3.37. The minimum Gasteiger partial charge on any atom is -0.443 e. The number of carbonyl (C=O) groups is 1. The number of carbonyl (C=O) groups excluding carboxylic acids is 1. The number of para-hydroxylation sites is 1. The Morgan fingerprint density at radius 1 is 1.25 bits per heavy atom. The Morgan fingerprint density at radius 2 is 1.81 bits per heavy atom. The molecule has 0 atom stereocenters. The number of ether oxygens (including phenoxy) is 1. The highest BCUT2D eigenvalue weighted by Crippen LogP contribution is 2.20. The molecule has 0 saturated heterocycles. The summed E-state index contributed by atoms with van der Waals surface area (Å²) in [6.07, 6.45) is -0.332. The van der Waals surface area contributed by atoms with Crippen LogP contribution in [0.4, 0.5) is 10.5 Å². The summed E-state index contributed by atoms with van der Waals surface area (Å²) in [5.74, 6) is 0. The lowest BCUT2D eigenvalue weighted by atomic mass is 10.2. The third kappa shape index (κ3) is 3.26. The van der Waals surface area contributed by atoms with Crippen molar-refractivity contribution in [2.24, 2.45) is 0 Å². The van der Waals surface area contributed by atoms with Crippen LogP contribution in [0.25, 0.3) is 0 Å². The molecule has 0 fully saturated rings. The minimum atomic E-state index is -0.464. The van der Waals surface area contributed by atoms with E-state index in [1.807, 2.05) is 52.0 Å². The molecular weight excluding hydrogens is 202 g/mol. The van der Waals surface area contributed by atoms with Gasteiger partial charge in [-0.25, -0.2) is 4.79 Å². The average Bonchev–Trinajstić information content (AvgIpc) is 2.15. The van der Waals surface area contributed by atoms with Crippen LogP contribution in [-0.2, 0) is 4.74 Å². The molecule has 0 heterocycles. The number of nitrogens with zero attached hydrogens (tertiary/aromatic N) is 1. The quantitative estimate of drug-likeness (QED) is 0.727. The topological polar surface area (TPSA) is 29.5 Å². The van der Waals surface area contributed by atoms with Crippen LogP contribution in [0, 0.1) is 6.92 Å². The van der Waals surface area contributed by atoms with Crippen molar-refractivity contribution in [1.29, 1.82) is 0 Å². The van der Waals surface area contributed by atoms with Crippen LogP contribution in [0.15, 0.2) is 24.3 Å². The molecule has 0 N–H and O–H groups in total. The minimum absolute atomic E-state index is 0.332. The van der Waals surface area contributed by atoms with Gasteiger partial charge < -0.3 is 4.74 Å². The first kappa shape index (κ1) is 12.6. The number of aryl methyl sites for hydroxylation is 1. The molecular formula is C13H19NO2. The van der Waals surface area contributed by atoms with E-state index in [0.717, 1.165) is 11.3 Å². The van der Waals surface area contributed by atoms with Gasteiger partial charge in [0.15, 0.2) is 0 Å². The van der Waals surface area contributed by atoms with Gasteiger partial charge in [-0.3, -0.25) is 4.90 Å². The first-order chi connectivity index (χ1) is 7.31. The Morgan fingerprint density at radius 3 is 2.31 bits per heavy atom. The van der Waals surface area contributed by atoms with Crippen molar-refractivity contribution in [3.63, 3.8) is 0 Å². The lowest BCUT2D eigenvalue weighted by Gasteiger charge is -2.25. The summed E-state index contributed by atoms with van der Waals surface area (Å²) in [4.78, 5) is 13.3. The van der Waals surface area contributed by atoms with E-state index < -0.39 is 5.60 Å². The smallest absolute Gasteiger partial charge is 0.414 e. The van der Waals surface area contributed by atoms with E-state index in [1.165, 1.54) is 4.90 Å². The number of rotatable bonds is 1. The Hall–Kier alpha value is -1.51. The number of amides is 1. The molecule has 1 aromatic carbocycles. The largest absolute Gasteiger partial charge is 0.443 e. The normalized spacial score (nSPS) is 11.1. The highest BCUT2D eigenvalue weighted by Gasteiger charge is 2.20. The second-order valence-corrected chi connectivity index (χ2v) is 4.83. The molecule has 0 aliphatic heterocycles. The van der Waals surface area contributed by atoms with E-state index in [2.05, 4.69) is 0 Å². The molecule has 1 aromatic rings. The van der Waals surface area contributed by atoms with E-state index >= 15 is 0 Å². The Labute approximate surface area is 97.0 Å². The predicted molar refractivity (Wildman–Crippen MR) is 65.8 cm³/mol. The Balaban J connectivity index is 2.83. The number of anilines is 1. The monoisotopic (exact) mass is 221 g/mol. The molecule has 3 heteroatoms. The molecule has 88 valence electrons. The first-order valence-electron chi connectivity index (χ1n) is 5.33. The van der Waals surface area contributed by atoms with Gasteiger partial charge in [0.05, 0.1) is 0 Å². The molecule has 0 spiro atoms. The number of hydrogen-bond donors (Lipinski definition) is 0. The lowest BCUT2D eigenvalue weighted by Crippen LogP contribution is -2.34. The molecule has 0 aromatic heterocycles. The zero-order valence-corrected chi connectivity index (χ0v) is 10.6. The number of benzene rings is 1. The summed E-state index contributed by atoms with van der Waals surface area (Å²) in [5.41, 5.74) is 1.46. The van der Waals surface area contributed by atoms with Gasteiger partial charge in [-0.2, -0.15) is 0 Å². The summed E-state index contributed by atoms with van der Waals surface area (Å²) in [7, 11) is 1.72. The van der Waals surface area contributed by atoms with E-state index in [9.17, 15) is 4.79 Å². The summed E-state index contributed by atoms with van der Waals surface area (Å²) in [6.45, 7) is 7.54.